The lowest BCUT2D eigenvalue weighted by molar-refractivity contribution is 0.0697. The number of piperidine rings is 1. The summed E-state index contributed by atoms with van der Waals surface area (Å²) in [5.74, 6) is 1.35. The predicted molar refractivity (Wildman–Crippen MR) is 127 cm³/mol. The van der Waals surface area contributed by atoms with Crippen molar-refractivity contribution in [3.05, 3.63) is 119 Å². The Kier molecular flexibility index (Phi) is 6.47. The second-order valence-electron chi connectivity index (χ2n) is 8.76. The fraction of sp³-hybridized carbons (Fsp3) is 0.250. The number of carbonyl (C=O) groups excluding carboxylic acids is 1. The molecular weight excluding hydrogens is 429 g/mol. The maximum Gasteiger partial charge on any atom is 0.255 e. The first-order valence-electron chi connectivity index (χ1n) is 11.6. The van der Waals surface area contributed by atoms with Crippen LogP contribution in [0.4, 0.5) is 4.39 Å². The number of oxazole rings is 1. The van der Waals surface area contributed by atoms with Gasteiger partial charge in [0.05, 0.1) is 17.7 Å². The smallest absolute Gasteiger partial charge is 0.255 e. The van der Waals surface area contributed by atoms with Gasteiger partial charge in [-0.3, -0.25) is 9.78 Å². The monoisotopic (exact) mass is 455 g/mol. The number of carbonyl (C=O) groups is 1. The van der Waals surface area contributed by atoms with E-state index in [0.29, 0.717) is 37.4 Å². The molecule has 0 bridgehead atoms. The van der Waals surface area contributed by atoms with Crippen molar-refractivity contribution in [1.29, 1.82) is 0 Å². The van der Waals surface area contributed by atoms with Gasteiger partial charge in [-0.05, 0) is 48.2 Å². The minimum atomic E-state index is -0.255. The molecule has 2 aromatic heterocycles. The van der Waals surface area contributed by atoms with Crippen molar-refractivity contribution in [2.24, 2.45) is 0 Å². The lowest BCUT2D eigenvalue weighted by Gasteiger charge is -2.31. The molecule has 5 rings (SSSR count). The molecular formula is C28H26FN3O2. The number of likely N-dealkylation sites (tertiary alicyclic amines) is 1. The first-order chi connectivity index (χ1) is 16.6. The number of benzene rings is 2. The van der Waals surface area contributed by atoms with Crippen LogP contribution in [0, 0.1) is 5.82 Å². The Labute approximate surface area is 198 Å². The minimum Gasteiger partial charge on any atom is -0.445 e. The molecule has 4 aromatic rings. The largest absolute Gasteiger partial charge is 0.445 e. The molecule has 1 fully saturated rings. The number of nitrogens with zero attached hydrogens (tertiary/aromatic N) is 3. The van der Waals surface area contributed by atoms with Crippen LogP contribution in [-0.4, -0.2) is 33.9 Å². The van der Waals surface area contributed by atoms with Gasteiger partial charge in [0.15, 0.2) is 5.89 Å². The lowest BCUT2D eigenvalue weighted by Crippen LogP contribution is -2.39. The van der Waals surface area contributed by atoms with Crippen molar-refractivity contribution in [3.8, 4) is 0 Å². The molecule has 1 atom stereocenters. The molecule has 3 heterocycles. The van der Waals surface area contributed by atoms with E-state index < -0.39 is 0 Å². The Morgan fingerprint density at radius 1 is 0.941 bits per heavy atom. The molecule has 1 aliphatic rings. The molecule has 172 valence electrons. The molecule has 1 saturated heterocycles. The summed E-state index contributed by atoms with van der Waals surface area (Å²) < 4.78 is 19.2. The lowest BCUT2D eigenvalue weighted by atomic mass is 9.97. The van der Waals surface area contributed by atoms with Crippen LogP contribution in [0.3, 0.4) is 0 Å². The van der Waals surface area contributed by atoms with Gasteiger partial charge < -0.3 is 9.32 Å². The van der Waals surface area contributed by atoms with E-state index in [-0.39, 0.29) is 17.6 Å². The van der Waals surface area contributed by atoms with E-state index in [1.807, 2.05) is 35.2 Å². The summed E-state index contributed by atoms with van der Waals surface area (Å²) in [6.07, 6.45) is 6.59. The van der Waals surface area contributed by atoms with E-state index in [2.05, 4.69) is 22.1 Å². The fourth-order valence-corrected chi connectivity index (χ4v) is 4.40. The molecule has 0 radical (unpaired) electrons. The first-order valence-corrected chi connectivity index (χ1v) is 11.6. The van der Waals surface area contributed by atoms with E-state index in [0.717, 1.165) is 29.9 Å². The molecule has 0 aliphatic carbocycles. The van der Waals surface area contributed by atoms with E-state index in [9.17, 15) is 9.18 Å². The number of rotatable bonds is 6. The zero-order chi connectivity index (χ0) is 23.3. The molecule has 0 saturated carbocycles. The predicted octanol–water partition coefficient (Wildman–Crippen LogP) is 5.41. The van der Waals surface area contributed by atoms with Gasteiger partial charge in [-0.2, -0.15) is 0 Å². The summed E-state index contributed by atoms with van der Waals surface area (Å²) in [5, 5.41) is 0. The third-order valence-corrected chi connectivity index (χ3v) is 6.22. The second-order valence-corrected chi connectivity index (χ2v) is 8.76. The number of amides is 1. The van der Waals surface area contributed by atoms with Crippen LogP contribution in [0.2, 0.25) is 0 Å². The molecule has 34 heavy (non-hydrogen) atoms. The normalized spacial score (nSPS) is 15.9. The van der Waals surface area contributed by atoms with E-state index >= 15 is 0 Å². The van der Waals surface area contributed by atoms with Crippen LogP contribution in [0.25, 0.3) is 0 Å². The molecule has 1 aliphatic heterocycles. The van der Waals surface area contributed by atoms with E-state index in [1.54, 1.807) is 24.5 Å². The highest BCUT2D eigenvalue weighted by molar-refractivity contribution is 5.94. The van der Waals surface area contributed by atoms with Gasteiger partial charge >= 0.3 is 0 Å². The average Bonchev–Trinajstić information content (AvgIpc) is 3.35. The van der Waals surface area contributed by atoms with Crippen LogP contribution in [0.15, 0.2) is 83.5 Å². The van der Waals surface area contributed by atoms with Crippen molar-refractivity contribution >= 4 is 5.91 Å². The van der Waals surface area contributed by atoms with Crippen molar-refractivity contribution in [2.45, 2.75) is 31.6 Å². The highest BCUT2D eigenvalue weighted by atomic mass is 19.1. The standard InChI is InChI=1S/C28H26FN3O2/c29-24-11-8-21(9-12-24)15-25-13-10-22(17-30-25)28(33)32-14-4-7-23(19-32)27-31-18-26(34-27)16-20-5-2-1-3-6-20/h1-3,5-6,8-13,17-18,23H,4,7,14-16,19H2/t23-/m0/s1. The van der Waals surface area contributed by atoms with Crippen LogP contribution in [0.5, 0.6) is 0 Å². The fourth-order valence-electron chi connectivity index (χ4n) is 4.40. The highest BCUT2D eigenvalue weighted by Crippen LogP contribution is 2.28. The summed E-state index contributed by atoms with van der Waals surface area (Å²) in [7, 11) is 0. The van der Waals surface area contributed by atoms with Crippen LogP contribution in [-0.2, 0) is 12.8 Å². The summed E-state index contributed by atoms with van der Waals surface area (Å²) in [6.45, 7) is 1.30. The van der Waals surface area contributed by atoms with Crippen LogP contribution in [0.1, 0.15) is 57.6 Å². The number of pyridine rings is 1. The third-order valence-electron chi connectivity index (χ3n) is 6.22. The first kappa shape index (κ1) is 22.0. The number of hydrogen-bond donors (Lipinski definition) is 0. The Morgan fingerprint density at radius 3 is 2.50 bits per heavy atom. The maximum absolute atomic E-state index is 13.1. The maximum atomic E-state index is 13.1. The van der Waals surface area contributed by atoms with Gasteiger partial charge in [0.1, 0.15) is 11.6 Å². The van der Waals surface area contributed by atoms with E-state index in [4.69, 9.17) is 4.42 Å². The Hall–Kier alpha value is -3.80. The summed E-state index contributed by atoms with van der Waals surface area (Å²) >= 11 is 0. The summed E-state index contributed by atoms with van der Waals surface area (Å²) in [4.78, 5) is 24.0. The van der Waals surface area contributed by atoms with Crippen molar-refractivity contribution < 1.29 is 13.6 Å². The van der Waals surface area contributed by atoms with Crippen molar-refractivity contribution in [1.82, 2.24) is 14.9 Å². The zero-order valence-electron chi connectivity index (χ0n) is 18.9. The van der Waals surface area contributed by atoms with Gasteiger partial charge in [0.2, 0.25) is 0 Å². The molecule has 6 heteroatoms. The molecule has 5 nitrogen and oxygen atoms in total. The Bertz CT molecular complexity index is 1240. The third kappa shape index (κ3) is 5.22. The van der Waals surface area contributed by atoms with Gasteiger partial charge in [-0.25, -0.2) is 9.37 Å². The molecule has 0 N–H and O–H groups in total. The highest BCUT2D eigenvalue weighted by Gasteiger charge is 2.28. The molecule has 2 aromatic carbocycles. The molecule has 1 amide bonds. The van der Waals surface area contributed by atoms with Gasteiger partial charge in [-0.1, -0.05) is 42.5 Å². The average molecular weight is 456 g/mol. The van der Waals surface area contributed by atoms with Crippen LogP contribution < -0.4 is 0 Å². The number of halogens is 1. The number of hydrogen-bond acceptors (Lipinski definition) is 4. The zero-order valence-corrected chi connectivity index (χ0v) is 18.9. The Morgan fingerprint density at radius 2 is 1.74 bits per heavy atom. The van der Waals surface area contributed by atoms with Crippen molar-refractivity contribution in [2.75, 3.05) is 13.1 Å². The van der Waals surface area contributed by atoms with Gasteiger partial charge in [-0.15, -0.1) is 0 Å². The topological polar surface area (TPSA) is 59.2 Å². The minimum absolute atomic E-state index is 0.0263. The second kappa shape index (κ2) is 10.00. The quantitative estimate of drug-likeness (QED) is 0.390. The van der Waals surface area contributed by atoms with E-state index in [1.165, 1.54) is 17.7 Å². The Balaban J connectivity index is 1.21. The molecule has 0 spiro atoms. The van der Waals surface area contributed by atoms with Crippen molar-refractivity contribution in [3.63, 3.8) is 0 Å². The molecule has 0 unspecified atom stereocenters. The van der Waals surface area contributed by atoms with Crippen LogP contribution >= 0.6 is 0 Å². The number of aromatic nitrogens is 2. The van der Waals surface area contributed by atoms with Gasteiger partial charge in [0.25, 0.3) is 5.91 Å². The summed E-state index contributed by atoms with van der Waals surface area (Å²) in [5.41, 5.74) is 3.57. The SMILES string of the molecule is O=C(c1ccc(Cc2ccc(F)cc2)nc1)N1CCC[C@H](c2ncc(Cc3ccccc3)o2)C1. The summed E-state index contributed by atoms with van der Waals surface area (Å²) in [6, 6.07) is 20.2. The van der Waals surface area contributed by atoms with Gasteiger partial charge in [0, 0.05) is 37.8 Å².